The highest BCUT2D eigenvalue weighted by molar-refractivity contribution is 5.92. The van der Waals surface area contributed by atoms with Crippen LogP contribution in [0.4, 0.5) is 10.1 Å². The Hall–Kier alpha value is -3.02. The maximum atomic E-state index is 14.5. The van der Waals surface area contributed by atoms with E-state index < -0.39 is 0 Å². The molecule has 0 saturated heterocycles. The predicted molar refractivity (Wildman–Crippen MR) is 106 cm³/mol. The zero-order chi connectivity index (χ0) is 19.5. The number of hydrogen-bond acceptors (Lipinski definition) is 3. The number of fused-ring (bicyclic) bond motifs is 1. The van der Waals surface area contributed by atoms with Crippen molar-refractivity contribution in [3.63, 3.8) is 0 Å². The molecule has 5 nitrogen and oxygen atoms in total. The van der Waals surface area contributed by atoms with E-state index in [1.165, 1.54) is 6.07 Å². The molecule has 1 aliphatic heterocycles. The minimum atomic E-state index is -0.365. The van der Waals surface area contributed by atoms with Crippen molar-refractivity contribution in [3.8, 4) is 11.4 Å². The van der Waals surface area contributed by atoms with Crippen molar-refractivity contribution >= 4 is 11.6 Å². The molecule has 0 fully saturated rings. The monoisotopic (exact) mass is 378 g/mol. The number of anilines is 1. The van der Waals surface area contributed by atoms with Gasteiger partial charge in [0, 0.05) is 18.7 Å². The quantitative estimate of drug-likeness (QED) is 0.736. The van der Waals surface area contributed by atoms with Crippen LogP contribution in [0.3, 0.4) is 0 Å². The van der Waals surface area contributed by atoms with Gasteiger partial charge in [-0.1, -0.05) is 36.2 Å². The average Bonchev–Trinajstić information content (AvgIpc) is 2.93. The van der Waals surface area contributed by atoms with Crippen LogP contribution < -0.4 is 5.32 Å². The van der Waals surface area contributed by atoms with Gasteiger partial charge in [0.05, 0.1) is 12.0 Å². The molecule has 28 heavy (non-hydrogen) atoms. The molecule has 0 atom stereocenters. The number of rotatable bonds is 4. The van der Waals surface area contributed by atoms with Gasteiger partial charge in [-0.3, -0.25) is 4.79 Å². The summed E-state index contributed by atoms with van der Waals surface area (Å²) in [7, 11) is 0. The summed E-state index contributed by atoms with van der Waals surface area (Å²) < 4.78 is 16.5. The van der Waals surface area contributed by atoms with Gasteiger partial charge in [0.15, 0.2) is 5.82 Å². The lowest BCUT2D eigenvalue weighted by Gasteiger charge is -2.11. The van der Waals surface area contributed by atoms with Crippen molar-refractivity contribution in [3.05, 3.63) is 65.2 Å². The summed E-state index contributed by atoms with van der Waals surface area (Å²) in [5.41, 5.74) is 3.02. The van der Waals surface area contributed by atoms with Crippen LogP contribution in [0.5, 0.6) is 0 Å². The number of nitrogens with zero attached hydrogens (tertiary/aromatic N) is 3. The number of aromatic nitrogens is 3. The molecule has 0 bridgehead atoms. The molecule has 3 aromatic rings. The lowest BCUT2D eigenvalue weighted by Crippen LogP contribution is -2.14. The third-order valence-electron chi connectivity index (χ3n) is 5.09. The van der Waals surface area contributed by atoms with Crippen LogP contribution in [0.1, 0.15) is 36.2 Å². The van der Waals surface area contributed by atoms with E-state index in [0.717, 1.165) is 49.2 Å². The maximum Gasteiger partial charge on any atom is 0.228 e. The van der Waals surface area contributed by atoms with E-state index in [1.807, 2.05) is 35.8 Å². The number of hydrogen-bond donors (Lipinski definition) is 1. The Labute approximate surface area is 163 Å². The Bertz CT molecular complexity index is 994. The second kappa shape index (κ2) is 7.92. The van der Waals surface area contributed by atoms with E-state index in [1.54, 1.807) is 12.1 Å². The molecule has 1 aliphatic rings. The SMILES string of the molecule is Cc1ccc(CC(=O)Nc2ccc(F)c(-c3nnc4n3CCCCC4)c2)cc1. The second-order valence-electron chi connectivity index (χ2n) is 7.31. The summed E-state index contributed by atoms with van der Waals surface area (Å²) in [6.07, 6.45) is 4.39. The molecule has 0 aliphatic carbocycles. The first kappa shape index (κ1) is 18.3. The molecule has 2 heterocycles. The summed E-state index contributed by atoms with van der Waals surface area (Å²) in [4.78, 5) is 12.4. The number of carbonyl (C=O) groups is 1. The largest absolute Gasteiger partial charge is 0.326 e. The maximum absolute atomic E-state index is 14.5. The van der Waals surface area contributed by atoms with Crippen LogP contribution in [-0.4, -0.2) is 20.7 Å². The van der Waals surface area contributed by atoms with E-state index in [-0.39, 0.29) is 18.1 Å². The molecule has 1 aromatic heterocycles. The molecule has 0 unspecified atom stereocenters. The van der Waals surface area contributed by atoms with Gasteiger partial charge in [0.1, 0.15) is 11.6 Å². The molecule has 0 radical (unpaired) electrons. The summed E-state index contributed by atoms with van der Waals surface area (Å²) in [5.74, 6) is 0.933. The number of aryl methyl sites for hydroxylation is 2. The first-order valence-electron chi connectivity index (χ1n) is 9.67. The molecule has 0 spiro atoms. The van der Waals surface area contributed by atoms with Crippen molar-refractivity contribution in [2.45, 2.75) is 45.6 Å². The van der Waals surface area contributed by atoms with E-state index in [0.29, 0.717) is 17.1 Å². The highest BCUT2D eigenvalue weighted by Gasteiger charge is 2.19. The number of amides is 1. The average molecular weight is 378 g/mol. The van der Waals surface area contributed by atoms with E-state index >= 15 is 0 Å². The Morgan fingerprint density at radius 1 is 1.11 bits per heavy atom. The number of nitrogens with one attached hydrogen (secondary N) is 1. The molecule has 1 amide bonds. The Balaban J connectivity index is 1.55. The van der Waals surface area contributed by atoms with Gasteiger partial charge in [0.25, 0.3) is 0 Å². The van der Waals surface area contributed by atoms with Gasteiger partial charge in [-0.2, -0.15) is 0 Å². The zero-order valence-corrected chi connectivity index (χ0v) is 15.9. The normalized spacial score (nSPS) is 13.6. The van der Waals surface area contributed by atoms with Gasteiger partial charge in [0.2, 0.25) is 5.91 Å². The summed E-state index contributed by atoms with van der Waals surface area (Å²) in [5, 5.41) is 11.3. The highest BCUT2D eigenvalue weighted by Crippen LogP contribution is 2.27. The summed E-state index contributed by atoms with van der Waals surface area (Å²) in [6.45, 7) is 2.80. The van der Waals surface area contributed by atoms with Gasteiger partial charge in [-0.05, 0) is 43.5 Å². The zero-order valence-electron chi connectivity index (χ0n) is 15.9. The lowest BCUT2D eigenvalue weighted by atomic mass is 10.1. The fraction of sp³-hybridized carbons (Fsp3) is 0.318. The summed E-state index contributed by atoms with van der Waals surface area (Å²) >= 11 is 0. The van der Waals surface area contributed by atoms with Crippen LogP contribution in [0.2, 0.25) is 0 Å². The minimum absolute atomic E-state index is 0.138. The molecular formula is C22H23FN4O. The number of carbonyl (C=O) groups excluding carboxylic acids is 1. The van der Waals surface area contributed by atoms with E-state index in [9.17, 15) is 9.18 Å². The van der Waals surface area contributed by atoms with Gasteiger partial charge in [-0.25, -0.2) is 4.39 Å². The van der Waals surface area contributed by atoms with Crippen molar-refractivity contribution in [1.29, 1.82) is 0 Å². The van der Waals surface area contributed by atoms with Crippen LogP contribution in [-0.2, 0) is 24.2 Å². The van der Waals surface area contributed by atoms with Crippen molar-refractivity contribution < 1.29 is 9.18 Å². The van der Waals surface area contributed by atoms with Crippen LogP contribution in [0, 0.1) is 12.7 Å². The molecule has 2 aromatic carbocycles. The van der Waals surface area contributed by atoms with Crippen molar-refractivity contribution in [2.24, 2.45) is 0 Å². The third kappa shape index (κ3) is 3.96. The lowest BCUT2D eigenvalue weighted by molar-refractivity contribution is -0.115. The van der Waals surface area contributed by atoms with E-state index in [4.69, 9.17) is 0 Å². The Morgan fingerprint density at radius 3 is 2.75 bits per heavy atom. The van der Waals surface area contributed by atoms with E-state index in [2.05, 4.69) is 15.5 Å². The van der Waals surface area contributed by atoms with Gasteiger partial charge in [-0.15, -0.1) is 10.2 Å². The smallest absolute Gasteiger partial charge is 0.228 e. The predicted octanol–water partition coefficient (Wildman–Crippen LogP) is 4.30. The van der Waals surface area contributed by atoms with Crippen LogP contribution in [0.25, 0.3) is 11.4 Å². The minimum Gasteiger partial charge on any atom is -0.326 e. The molecule has 6 heteroatoms. The van der Waals surface area contributed by atoms with Crippen LogP contribution >= 0.6 is 0 Å². The van der Waals surface area contributed by atoms with Gasteiger partial charge >= 0.3 is 0 Å². The highest BCUT2D eigenvalue weighted by atomic mass is 19.1. The fourth-order valence-corrected chi connectivity index (χ4v) is 3.56. The first-order valence-corrected chi connectivity index (χ1v) is 9.67. The van der Waals surface area contributed by atoms with Gasteiger partial charge < -0.3 is 9.88 Å². The summed E-state index contributed by atoms with van der Waals surface area (Å²) in [6, 6.07) is 12.4. The number of benzene rings is 2. The first-order chi connectivity index (χ1) is 13.6. The Kier molecular flexibility index (Phi) is 5.19. The van der Waals surface area contributed by atoms with Crippen molar-refractivity contribution in [2.75, 3.05) is 5.32 Å². The number of halogens is 1. The molecule has 144 valence electrons. The second-order valence-corrected chi connectivity index (χ2v) is 7.31. The topological polar surface area (TPSA) is 59.8 Å². The van der Waals surface area contributed by atoms with Crippen LogP contribution in [0.15, 0.2) is 42.5 Å². The third-order valence-corrected chi connectivity index (χ3v) is 5.09. The molecule has 0 saturated carbocycles. The molecule has 4 rings (SSSR count). The molecular weight excluding hydrogens is 355 g/mol. The Morgan fingerprint density at radius 2 is 1.93 bits per heavy atom. The van der Waals surface area contributed by atoms with Crippen molar-refractivity contribution in [1.82, 2.24) is 14.8 Å². The fourth-order valence-electron chi connectivity index (χ4n) is 3.56. The standard InChI is InChI=1S/C22H23FN4O/c1-15-6-8-16(9-7-15)13-21(28)24-17-10-11-19(23)18(14-17)22-26-25-20-5-3-2-4-12-27(20)22/h6-11,14H,2-5,12-13H2,1H3,(H,24,28). The molecule has 1 N–H and O–H groups in total.